The zero-order chi connectivity index (χ0) is 21.2. The number of carbonyl (C=O) groups is 1. The molecule has 0 spiro atoms. The number of nitrogens with one attached hydrogen (secondary N) is 1. The van der Waals surface area contributed by atoms with Gasteiger partial charge in [-0.25, -0.2) is 4.79 Å². The predicted octanol–water partition coefficient (Wildman–Crippen LogP) is 5.64. The lowest BCUT2D eigenvalue weighted by Gasteiger charge is -2.21. The minimum atomic E-state index is -0.638. The summed E-state index contributed by atoms with van der Waals surface area (Å²) in [5.41, 5.74) is 2.70. The average Bonchev–Trinajstić information content (AvgIpc) is 3.43. The van der Waals surface area contributed by atoms with Crippen LogP contribution in [0.5, 0.6) is 5.75 Å². The van der Waals surface area contributed by atoms with Crippen LogP contribution in [0.2, 0.25) is 0 Å². The van der Waals surface area contributed by atoms with Crippen molar-refractivity contribution in [3.63, 3.8) is 0 Å². The highest BCUT2D eigenvalue weighted by Gasteiger charge is 2.28. The lowest BCUT2D eigenvalue weighted by Crippen LogP contribution is -2.29. The Morgan fingerprint density at radius 1 is 1.00 bits per heavy atom. The van der Waals surface area contributed by atoms with Gasteiger partial charge in [0.1, 0.15) is 5.75 Å². The maximum absolute atomic E-state index is 11.5. The third-order valence-corrected chi connectivity index (χ3v) is 6.49. The van der Waals surface area contributed by atoms with Crippen molar-refractivity contribution in [1.82, 2.24) is 5.32 Å². The van der Waals surface area contributed by atoms with E-state index < -0.39 is 6.10 Å². The van der Waals surface area contributed by atoms with Crippen LogP contribution in [0.4, 0.5) is 0 Å². The number of rotatable bonds is 6. The molecule has 0 aromatic heterocycles. The molecule has 5 rings (SSSR count). The Bertz CT molecular complexity index is 1100. The number of esters is 1. The Morgan fingerprint density at radius 2 is 1.81 bits per heavy atom. The van der Waals surface area contributed by atoms with Gasteiger partial charge in [0.2, 0.25) is 6.10 Å². The standard InChI is InChI=1S/C27H27NO3/c1-18(24-8-4-6-20-5-2-3-7-25(20)24)28-22-12-9-21(17-22)19-10-13-23(14-11-19)31-26-15-16-30-27(26)29/h2-8,10-11,13-16,18,21-22,26,28H,9,12,17H2,1H3. The molecule has 2 aliphatic rings. The average molecular weight is 414 g/mol. The molecule has 1 aliphatic heterocycles. The Kier molecular flexibility index (Phi) is 5.47. The molecule has 31 heavy (non-hydrogen) atoms. The van der Waals surface area contributed by atoms with Gasteiger partial charge in [0, 0.05) is 18.2 Å². The van der Waals surface area contributed by atoms with Gasteiger partial charge in [-0.15, -0.1) is 0 Å². The molecule has 4 atom stereocenters. The monoisotopic (exact) mass is 413 g/mol. The van der Waals surface area contributed by atoms with Crippen LogP contribution < -0.4 is 10.1 Å². The highest BCUT2D eigenvalue weighted by Crippen LogP contribution is 2.36. The van der Waals surface area contributed by atoms with E-state index in [1.807, 2.05) is 12.1 Å². The molecule has 1 saturated carbocycles. The van der Waals surface area contributed by atoms with E-state index in [0.29, 0.717) is 23.8 Å². The van der Waals surface area contributed by atoms with Crippen molar-refractivity contribution in [2.24, 2.45) is 0 Å². The van der Waals surface area contributed by atoms with Gasteiger partial charge in [-0.1, -0.05) is 54.6 Å². The van der Waals surface area contributed by atoms with E-state index in [2.05, 4.69) is 66.8 Å². The molecule has 0 amide bonds. The summed E-state index contributed by atoms with van der Waals surface area (Å²) in [5.74, 6) is 0.867. The molecular formula is C27H27NO3. The number of fused-ring (bicyclic) bond motifs is 1. The summed E-state index contributed by atoms with van der Waals surface area (Å²) in [7, 11) is 0. The van der Waals surface area contributed by atoms with Gasteiger partial charge in [-0.3, -0.25) is 0 Å². The van der Waals surface area contributed by atoms with Crippen molar-refractivity contribution in [3.05, 3.63) is 90.2 Å². The Hall–Kier alpha value is -3.11. The third kappa shape index (κ3) is 4.21. The number of cyclic esters (lactones) is 1. The van der Waals surface area contributed by atoms with E-state index in [-0.39, 0.29) is 5.97 Å². The topological polar surface area (TPSA) is 47.6 Å². The number of carbonyl (C=O) groups excluding carboxylic acids is 1. The fraction of sp³-hybridized carbons (Fsp3) is 0.296. The van der Waals surface area contributed by atoms with E-state index in [1.165, 1.54) is 41.0 Å². The first kappa shape index (κ1) is 19.8. The lowest BCUT2D eigenvalue weighted by molar-refractivity contribution is -0.141. The van der Waals surface area contributed by atoms with Crippen LogP contribution in [0.25, 0.3) is 10.8 Å². The van der Waals surface area contributed by atoms with Gasteiger partial charge in [0.05, 0.1) is 6.26 Å². The maximum Gasteiger partial charge on any atom is 0.356 e. The molecule has 0 radical (unpaired) electrons. The second-order valence-corrected chi connectivity index (χ2v) is 8.54. The Morgan fingerprint density at radius 3 is 2.61 bits per heavy atom. The van der Waals surface area contributed by atoms with Crippen LogP contribution in [-0.2, 0) is 9.53 Å². The number of ether oxygens (including phenoxy) is 2. The van der Waals surface area contributed by atoms with E-state index in [4.69, 9.17) is 9.47 Å². The van der Waals surface area contributed by atoms with Crippen LogP contribution in [0.3, 0.4) is 0 Å². The van der Waals surface area contributed by atoms with Crippen LogP contribution in [0, 0.1) is 0 Å². The molecule has 4 unspecified atom stereocenters. The molecule has 4 heteroatoms. The summed E-state index contributed by atoms with van der Waals surface area (Å²) < 4.78 is 10.5. The highest BCUT2D eigenvalue weighted by atomic mass is 16.6. The minimum Gasteiger partial charge on any atom is -0.474 e. The lowest BCUT2D eigenvalue weighted by atomic mass is 9.96. The summed E-state index contributed by atoms with van der Waals surface area (Å²) in [6, 6.07) is 24.1. The van der Waals surface area contributed by atoms with Crippen molar-refractivity contribution < 1.29 is 14.3 Å². The van der Waals surface area contributed by atoms with Crippen LogP contribution >= 0.6 is 0 Å². The SMILES string of the molecule is CC(NC1CCC(c2ccc(OC3C=COC3=O)cc2)C1)c1cccc2ccccc12. The normalized spacial score (nSPS) is 23.8. The quantitative estimate of drug-likeness (QED) is 0.531. The van der Waals surface area contributed by atoms with E-state index in [0.717, 1.165) is 6.42 Å². The van der Waals surface area contributed by atoms with Crippen molar-refractivity contribution in [1.29, 1.82) is 0 Å². The second-order valence-electron chi connectivity index (χ2n) is 8.54. The first-order valence-corrected chi connectivity index (χ1v) is 11.0. The molecule has 0 bridgehead atoms. The van der Waals surface area contributed by atoms with Crippen molar-refractivity contribution in [2.45, 2.75) is 50.3 Å². The third-order valence-electron chi connectivity index (χ3n) is 6.49. The van der Waals surface area contributed by atoms with Gasteiger partial charge >= 0.3 is 5.97 Å². The second kappa shape index (κ2) is 8.56. The van der Waals surface area contributed by atoms with E-state index in [9.17, 15) is 4.79 Å². The first-order valence-electron chi connectivity index (χ1n) is 11.0. The van der Waals surface area contributed by atoms with Gasteiger partial charge in [0.25, 0.3) is 0 Å². The molecular weight excluding hydrogens is 386 g/mol. The fourth-order valence-corrected chi connectivity index (χ4v) is 4.88. The first-order chi connectivity index (χ1) is 15.2. The summed E-state index contributed by atoms with van der Waals surface area (Å²) in [6.45, 7) is 2.27. The number of hydrogen-bond donors (Lipinski definition) is 1. The largest absolute Gasteiger partial charge is 0.474 e. The molecule has 1 aliphatic carbocycles. The summed E-state index contributed by atoms with van der Waals surface area (Å²) in [5, 5.41) is 6.49. The summed E-state index contributed by atoms with van der Waals surface area (Å²) in [6.07, 6.45) is 5.86. The van der Waals surface area contributed by atoms with Crippen molar-refractivity contribution >= 4 is 16.7 Å². The van der Waals surface area contributed by atoms with Crippen LogP contribution in [-0.4, -0.2) is 18.1 Å². The zero-order valence-electron chi connectivity index (χ0n) is 17.7. The van der Waals surface area contributed by atoms with Crippen LogP contribution in [0.15, 0.2) is 79.1 Å². The van der Waals surface area contributed by atoms with Crippen molar-refractivity contribution in [3.8, 4) is 5.75 Å². The molecule has 158 valence electrons. The molecule has 3 aromatic rings. The predicted molar refractivity (Wildman–Crippen MR) is 122 cm³/mol. The Labute approximate surface area is 182 Å². The number of hydrogen-bond acceptors (Lipinski definition) is 4. The molecule has 4 nitrogen and oxygen atoms in total. The minimum absolute atomic E-state index is 0.310. The number of benzene rings is 3. The smallest absolute Gasteiger partial charge is 0.356 e. The Balaban J connectivity index is 1.21. The highest BCUT2D eigenvalue weighted by molar-refractivity contribution is 5.86. The van der Waals surface area contributed by atoms with Gasteiger partial charge < -0.3 is 14.8 Å². The molecule has 1 fully saturated rings. The van der Waals surface area contributed by atoms with Gasteiger partial charge in [-0.2, -0.15) is 0 Å². The van der Waals surface area contributed by atoms with Gasteiger partial charge in [-0.05, 0) is 66.1 Å². The summed E-state index contributed by atoms with van der Waals surface area (Å²) in [4.78, 5) is 11.5. The van der Waals surface area contributed by atoms with E-state index in [1.54, 1.807) is 6.08 Å². The molecule has 0 saturated heterocycles. The van der Waals surface area contributed by atoms with Crippen LogP contribution in [0.1, 0.15) is 49.3 Å². The molecule has 1 N–H and O–H groups in total. The summed E-state index contributed by atoms with van der Waals surface area (Å²) >= 11 is 0. The zero-order valence-corrected chi connectivity index (χ0v) is 17.7. The van der Waals surface area contributed by atoms with Gasteiger partial charge in [0.15, 0.2) is 0 Å². The van der Waals surface area contributed by atoms with E-state index >= 15 is 0 Å². The molecule has 1 heterocycles. The molecule has 3 aromatic carbocycles. The van der Waals surface area contributed by atoms with Crippen molar-refractivity contribution in [2.75, 3.05) is 0 Å². The maximum atomic E-state index is 11.5. The fourth-order valence-electron chi connectivity index (χ4n) is 4.88.